The third kappa shape index (κ3) is 3.64. The van der Waals surface area contributed by atoms with E-state index in [1.165, 1.54) is 0 Å². The van der Waals surface area contributed by atoms with E-state index in [0.717, 1.165) is 23.2 Å². The number of nitriles is 1. The molecule has 2 aliphatic rings. The number of fused-ring (bicyclic) bond motifs is 2. The van der Waals surface area contributed by atoms with Crippen molar-refractivity contribution in [3.05, 3.63) is 53.5 Å². The molecule has 0 spiro atoms. The minimum Gasteiger partial charge on any atom is -0.374 e. The molecule has 2 aromatic heterocycles. The van der Waals surface area contributed by atoms with Crippen LogP contribution in [0.1, 0.15) is 38.2 Å². The summed E-state index contributed by atoms with van der Waals surface area (Å²) in [6, 6.07) is 10.4. The van der Waals surface area contributed by atoms with Crippen LogP contribution in [0.4, 0.5) is 0 Å². The Kier molecular flexibility index (Phi) is 5.12. The number of ether oxygens (including phenoxy) is 1. The van der Waals surface area contributed by atoms with Gasteiger partial charge in [0.25, 0.3) is 0 Å². The number of nitrogens with two attached hydrogens (primary N) is 1. The van der Waals surface area contributed by atoms with Gasteiger partial charge in [-0.05, 0) is 41.7 Å². The van der Waals surface area contributed by atoms with Gasteiger partial charge < -0.3 is 14.9 Å². The van der Waals surface area contributed by atoms with Gasteiger partial charge in [0.05, 0.1) is 36.5 Å². The first-order valence-electron chi connectivity index (χ1n) is 10.0. The van der Waals surface area contributed by atoms with Crippen molar-refractivity contribution in [2.45, 2.75) is 32.6 Å². The van der Waals surface area contributed by atoms with Crippen LogP contribution in [0.5, 0.6) is 0 Å². The van der Waals surface area contributed by atoms with Crippen molar-refractivity contribution in [1.82, 2.24) is 4.40 Å². The number of hydrogen-bond donors (Lipinski definition) is 1. The number of rotatable bonds is 5. The summed E-state index contributed by atoms with van der Waals surface area (Å²) in [6.07, 6.45) is 5.20. The van der Waals surface area contributed by atoms with Gasteiger partial charge in [-0.25, -0.2) is 0 Å². The molecule has 2 aromatic rings. The molecular formula is C23H26N4O2. The van der Waals surface area contributed by atoms with Gasteiger partial charge in [-0.1, -0.05) is 13.8 Å². The van der Waals surface area contributed by atoms with E-state index >= 15 is 0 Å². The van der Waals surface area contributed by atoms with E-state index in [-0.39, 0.29) is 29.6 Å². The quantitative estimate of drug-likeness (QED) is 0.793. The topological polar surface area (TPSA) is 92.9 Å². The fourth-order valence-electron chi connectivity index (χ4n) is 4.60. The monoisotopic (exact) mass is 390 g/mol. The number of allylic oxidation sites excluding steroid dienone is 1. The summed E-state index contributed by atoms with van der Waals surface area (Å²) in [4.78, 5) is 18.0. The van der Waals surface area contributed by atoms with Crippen molar-refractivity contribution in [2.24, 2.45) is 22.1 Å². The Balaban J connectivity index is 1.84. The van der Waals surface area contributed by atoms with E-state index in [2.05, 4.69) is 26.0 Å². The number of aromatic nitrogens is 1. The molecule has 0 saturated heterocycles. The summed E-state index contributed by atoms with van der Waals surface area (Å²) in [6.45, 7) is 5.24. The van der Waals surface area contributed by atoms with Crippen LogP contribution in [0.3, 0.4) is 0 Å². The number of Topliss-reactive ketones (excluding diaryl/α,β-unsaturated/α-hetero) is 1. The standard InChI is InChI=1S/C23H26N4O2/c1-23(2)11-18-22(20(28)12-23)21(15-5-8-27-7-3-4-16(27)10-15)17(13-25)19(26-18)14-29-9-6-24/h3-5,7-8,10,21-22H,6,9,11-12,14,24H2,1-2H3. The lowest BCUT2D eigenvalue weighted by Gasteiger charge is -2.40. The van der Waals surface area contributed by atoms with Gasteiger partial charge in [-0.2, -0.15) is 5.26 Å². The first-order valence-corrected chi connectivity index (χ1v) is 10.0. The van der Waals surface area contributed by atoms with Gasteiger partial charge in [0.1, 0.15) is 5.78 Å². The highest BCUT2D eigenvalue weighted by molar-refractivity contribution is 6.10. The molecule has 29 heavy (non-hydrogen) atoms. The fourth-order valence-corrected chi connectivity index (χ4v) is 4.60. The summed E-state index contributed by atoms with van der Waals surface area (Å²) in [5.41, 5.74) is 9.44. The van der Waals surface area contributed by atoms with Gasteiger partial charge in [-0.15, -0.1) is 0 Å². The molecule has 2 N–H and O–H groups in total. The average Bonchev–Trinajstić information content (AvgIpc) is 3.14. The maximum absolute atomic E-state index is 13.2. The van der Waals surface area contributed by atoms with Crippen molar-refractivity contribution in [3.8, 4) is 6.07 Å². The molecule has 1 fully saturated rings. The minimum atomic E-state index is -0.381. The smallest absolute Gasteiger partial charge is 0.143 e. The average molecular weight is 390 g/mol. The first-order chi connectivity index (χ1) is 13.9. The number of aliphatic imine (C=N–C) groups is 1. The Morgan fingerprint density at radius 2 is 2.14 bits per heavy atom. The Hall–Kier alpha value is -2.75. The van der Waals surface area contributed by atoms with Crippen molar-refractivity contribution in [1.29, 1.82) is 5.26 Å². The highest BCUT2D eigenvalue weighted by Crippen LogP contribution is 2.46. The van der Waals surface area contributed by atoms with Crippen LogP contribution < -0.4 is 5.73 Å². The number of ketones is 1. The predicted molar refractivity (Wildman–Crippen MR) is 112 cm³/mol. The molecular weight excluding hydrogens is 364 g/mol. The summed E-state index contributed by atoms with van der Waals surface area (Å²) in [7, 11) is 0. The Labute approximate surface area is 170 Å². The molecule has 6 nitrogen and oxygen atoms in total. The first kappa shape index (κ1) is 19.6. The molecule has 0 radical (unpaired) electrons. The molecule has 1 saturated carbocycles. The second kappa shape index (κ2) is 7.58. The van der Waals surface area contributed by atoms with E-state index < -0.39 is 0 Å². The van der Waals surface area contributed by atoms with Gasteiger partial charge >= 0.3 is 0 Å². The molecule has 1 aliphatic carbocycles. The largest absolute Gasteiger partial charge is 0.374 e. The molecule has 1 aliphatic heterocycles. The zero-order valence-electron chi connectivity index (χ0n) is 16.9. The van der Waals surface area contributed by atoms with E-state index in [0.29, 0.717) is 30.8 Å². The predicted octanol–water partition coefficient (Wildman–Crippen LogP) is 3.24. The van der Waals surface area contributed by atoms with Crippen LogP contribution in [-0.4, -0.2) is 35.7 Å². The van der Waals surface area contributed by atoms with E-state index in [9.17, 15) is 10.1 Å². The molecule has 0 bridgehead atoms. The van der Waals surface area contributed by atoms with E-state index in [1.54, 1.807) is 0 Å². The summed E-state index contributed by atoms with van der Waals surface area (Å²) in [5, 5.41) is 10.0. The maximum Gasteiger partial charge on any atom is 0.143 e. The number of hydrogen-bond acceptors (Lipinski definition) is 5. The van der Waals surface area contributed by atoms with Crippen molar-refractivity contribution < 1.29 is 9.53 Å². The zero-order valence-corrected chi connectivity index (χ0v) is 16.9. The molecule has 0 amide bonds. The molecule has 0 aromatic carbocycles. The van der Waals surface area contributed by atoms with Crippen LogP contribution in [0.2, 0.25) is 0 Å². The molecule has 6 heteroatoms. The van der Waals surface area contributed by atoms with E-state index in [4.69, 9.17) is 15.5 Å². The lowest BCUT2D eigenvalue weighted by molar-refractivity contribution is -0.124. The van der Waals surface area contributed by atoms with Gasteiger partial charge in [0, 0.05) is 42.5 Å². The lowest BCUT2D eigenvalue weighted by Crippen LogP contribution is -2.43. The molecule has 3 heterocycles. The Morgan fingerprint density at radius 3 is 2.90 bits per heavy atom. The number of pyridine rings is 1. The van der Waals surface area contributed by atoms with Crippen LogP contribution in [0.15, 0.2) is 52.9 Å². The third-order valence-corrected chi connectivity index (χ3v) is 5.79. The third-order valence-electron chi connectivity index (χ3n) is 5.79. The second-order valence-corrected chi connectivity index (χ2v) is 8.66. The second-order valence-electron chi connectivity index (χ2n) is 8.66. The normalized spacial score (nSPS) is 23.7. The van der Waals surface area contributed by atoms with Crippen molar-refractivity contribution >= 4 is 17.0 Å². The Bertz CT molecular complexity index is 1050. The fraction of sp³-hybridized carbons (Fsp3) is 0.435. The van der Waals surface area contributed by atoms with Gasteiger partial charge in [-0.3, -0.25) is 9.79 Å². The summed E-state index contributed by atoms with van der Waals surface area (Å²) < 4.78 is 7.65. The van der Waals surface area contributed by atoms with Crippen molar-refractivity contribution in [2.75, 3.05) is 19.8 Å². The minimum absolute atomic E-state index is 0.129. The number of carbonyl (C=O) groups is 1. The van der Waals surface area contributed by atoms with Crippen LogP contribution >= 0.6 is 0 Å². The Morgan fingerprint density at radius 1 is 1.31 bits per heavy atom. The molecule has 2 unspecified atom stereocenters. The summed E-state index contributed by atoms with van der Waals surface area (Å²) in [5.74, 6) is -0.546. The molecule has 2 atom stereocenters. The summed E-state index contributed by atoms with van der Waals surface area (Å²) >= 11 is 0. The lowest BCUT2D eigenvalue weighted by atomic mass is 9.63. The molecule has 150 valence electrons. The molecule has 4 rings (SSSR count). The highest BCUT2D eigenvalue weighted by atomic mass is 16.5. The van der Waals surface area contributed by atoms with E-state index in [1.807, 2.05) is 35.0 Å². The SMILES string of the molecule is CC1(C)CC(=O)C2C(=NC(COCCN)=C(C#N)C2c2ccn3cccc3c2)C1. The van der Waals surface area contributed by atoms with Crippen LogP contribution in [0.25, 0.3) is 5.52 Å². The van der Waals surface area contributed by atoms with Gasteiger partial charge in [0.15, 0.2) is 0 Å². The van der Waals surface area contributed by atoms with Crippen molar-refractivity contribution in [3.63, 3.8) is 0 Å². The van der Waals surface area contributed by atoms with Gasteiger partial charge in [0.2, 0.25) is 0 Å². The maximum atomic E-state index is 13.2. The van der Waals surface area contributed by atoms with Crippen LogP contribution in [0, 0.1) is 22.7 Å². The van der Waals surface area contributed by atoms with Crippen LogP contribution in [-0.2, 0) is 9.53 Å². The zero-order chi connectivity index (χ0) is 20.6. The number of nitrogens with zero attached hydrogens (tertiary/aromatic N) is 3. The highest BCUT2D eigenvalue weighted by Gasteiger charge is 2.46. The number of carbonyl (C=O) groups excluding carboxylic acids is 1.